The highest BCUT2D eigenvalue weighted by atomic mass is 16.6. The van der Waals surface area contributed by atoms with Crippen LogP contribution < -0.4 is 4.74 Å². The molecule has 4 rings (SSSR count). The van der Waals surface area contributed by atoms with Crippen LogP contribution in [-0.2, 0) is 20.7 Å². The van der Waals surface area contributed by atoms with Crippen LogP contribution in [0.1, 0.15) is 47.2 Å². The molecule has 4 aromatic carbocycles. The van der Waals surface area contributed by atoms with E-state index in [1.807, 2.05) is 122 Å². The molecule has 0 aliphatic rings. The van der Waals surface area contributed by atoms with Gasteiger partial charge in [-0.25, -0.2) is 4.79 Å². The Labute approximate surface area is 249 Å². The van der Waals surface area contributed by atoms with Gasteiger partial charge in [0.05, 0.1) is 6.61 Å². The smallest absolute Gasteiger partial charge is 0.335 e. The second-order valence-electron chi connectivity index (χ2n) is 9.33. The summed E-state index contributed by atoms with van der Waals surface area (Å²) < 4.78 is 16.6. The van der Waals surface area contributed by atoms with Gasteiger partial charge in [0.15, 0.2) is 6.10 Å². The van der Waals surface area contributed by atoms with Crippen LogP contribution in [0.3, 0.4) is 0 Å². The standard InChI is InChI=1S/C38H34O4/c1-3-40-37(38(39)41-4-2)29-32-21-23-36(24-22-32)42-25-11-16-33-26-34(19-17-30-12-7-5-8-13-30)28-35(27-33)20-18-31-14-9-6-10-15-31/h5-16,21-24,26-28,37H,3-4,25,29H2,1-2H3/b16-11+/t37-/m0/s1. The quantitative estimate of drug-likeness (QED) is 0.155. The fraction of sp³-hybridized carbons (Fsp3) is 0.184. The van der Waals surface area contributed by atoms with Crippen LogP contribution >= 0.6 is 0 Å². The zero-order valence-electron chi connectivity index (χ0n) is 24.0. The summed E-state index contributed by atoms with van der Waals surface area (Å²) in [5.41, 5.74) is 5.67. The van der Waals surface area contributed by atoms with Gasteiger partial charge in [0, 0.05) is 35.3 Å². The molecule has 0 heterocycles. The maximum absolute atomic E-state index is 12.1. The van der Waals surface area contributed by atoms with Crippen LogP contribution in [-0.4, -0.2) is 31.9 Å². The van der Waals surface area contributed by atoms with Crippen LogP contribution in [0.15, 0.2) is 109 Å². The van der Waals surface area contributed by atoms with Crippen molar-refractivity contribution in [1.29, 1.82) is 0 Å². The number of hydrogen-bond donors (Lipinski definition) is 0. The second kappa shape index (κ2) is 16.3. The molecule has 0 bridgehead atoms. The van der Waals surface area contributed by atoms with Crippen molar-refractivity contribution in [3.8, 4) is 29.4 Å². The highest BCUT2D eigenvalue weighted by molar-refractivity contribution is 5.75. The van der Waals surface area contributed by atoms with Gasteiger partial charge in [-0.2, -0.15) is 0 Å². The summed E-state index contributed by atoms with van der Waals surface area (Å²) in [6.07, 6.45) is 3.83. The summed E-state index contributed by atoms with van der Waals surface area (Å²) in [7, 11) is 0. The first-order chi connectivity index (χ1) is 20.6. The molecule has 0 N–H and O–H groups in total. The van der Waals surface area contributed by atoms with E-state index in [4.69, 9.17) is 14.2 Å². The van der Waals surface area contributed by atoms with E-state index in [1.165, 1.54) is 0 Å². The largest absolute Gasteiger partial charge is 0.490 e. The summed E-state index contributed by atoms with van der Waals surface area (Å²) in [5, 5.41) is 0. The topological polar surface area (TPSA) is 44.8 Å². The predicted octanol–water partition coefficient (Wildman–Crippen LogP) is 7.09. The van der Waals surface area contributed by atoms with Crippen molar-refractivity contribution in [2.75, 3.05) is 19.8 Å². The van der Waals surface area contributed by atoms with Gasteiger partial charge in [0.2, 0.25) is 0 Å². The Hall–Kier alpha value is -5.03. The predicted molar refractivity (Wildman–Crippen MR) is 168 cm³/mol. The lowest BCUT2D eigenvalue weighted by atomic mass is 10.0. The summed E-state index contributed by atoms with van der Waals surface area (Å²) >= 11 is 0. The lowest BCUT2D eigenvalue weighted by Crippen LogP contribution is -2.28. The number of carbonyl (C=O) groups is 1. The third-order valence-corrected chi connectivity index (χ3v) is 6.12. The molecule has 0 saturated carbocycles. The number of hydrogen-bond acceptors (Lipinski definition) is 4. The van der Waals surface area contributed by atoms with E-state index >= 15 is 0 Å². The van der Waals surface area contributed by atoms with E-state index in [1.54, 1.807) is 6.92 Å². The van der Waals surface area contributed by atoms with E-state index in [-0.39, 0.29) is 5.97 Å². The Kier molecular flexibility index (Phi) is 11.6. The Morgan fingerprint density at radius 3 is 1.83 bits per heavy atom. The second-order valence-corrected chi connectivity index (χ2v) is 9.33. The Bertz CT molecular complexity index is 1510. The first-order valence-corrected chi connectivity index (χ1v) is 14.1. The number of rotatable bonds is 10. The average molecular weight is 555 g/mol. The molecule has 0 aromatic heterocycles. The zero-order chi connectivity index (χ0) is 29.4. The fourth-order valence-electron chi connectivity index (χ4n) is 4.13. The minimum absolute atomic E-state index is 0.330. The molecule has 42 heavy (non-hydrogen) atoms. The maximum Gasteiger partial charge on any atom is 0.335 e. The molecule has 210 valence electrons. The number of esters is 1. The molecule has 4 aromatic rings. The van der Waals surface area contributed by atoms with Crippen LogP contribution in [0.5, 0.6) is 5.75 Å². The van der Waals surface area contributed by atoms with E-state index in [0.29, 0.717) is 26.2 Å². The minimum atomic E-state index is -0.611. The van der Waals surface area contributed by atoms with E-state index in [9.17, 15) is 4.79 Å². The average Bonchev–Trinajstić information content (AvgIpc) is 3.03. The van der Waals surface area contributed by atoms with E-state index in [2.05, 4.69) is 23.7 Å². The van der Waals surface area contributed by atoms with E-state index in [0.717, 1.165) is 39.1 Å². The molecule has 0 spiro atoms. The van der Waals surface area contributed by atoms with Crippen molar-refractivity contribution in [1.82, 2.24) is 0 Å². The van der Waals surface area contributed by atoms with E-state index < -0.39 is 6.10 Å². The SMILES string of the molecule is CCOC(=O)[C@H](Cc1ccc(OC/C=C/c2cc(C#Cc3ccccc3)cc(C#Cc3ccccc3)c2)cc1)OCC. The first kappa shape index (κ1) is 29.9. The molecule has 0 aliphatic heterocycles. The normalized spacial score (nSPS) is 11.1. The molecule has 0 aliphatic carbocycles. The lowest BCUT2D eigenvalue weighted by Gasteiger charge is -2.15. The number of ether oxygens (including phenoxy) is 3. The van der Waals surface area contributed by atoms with Gasteiger partial charge < -0.3 is 14.2 Å². The van der Waals surface area contributed by atoms with Crippen molar-refractivity contribution >= 4 is 12.0 Å². The maximum atomic E-state index is 12.1. The van der Waals surface area contributed by atoms with Gasteiger partial charge in [0.1, 0.15) is 12.4 Å². The summed E-state index contributed by atoms with van der Waals surface area (Å²) in [4.78, 5) is 12.1. The van der Waals surface area contributed by atoms with Crippen molar-refractivity contribution in [2.24, 2.45) is 0 Å². The molecule has 0 saturated heterocycles. The Balaban J connectivity index is 1.43. The zero-order valence-corrected chi connectivity index (χ0v) is 24.0. The van der Waals surface area contributed by atoms with Crippen LogP contribution in [0, 0.1) is 23.7 Å². The Morgan fingerprint density at radius 1 is 0.714 bits per heavy atom. The third-order valence-electron chi connectivity index (χ3n) is 6.12. The molecular weight excluding hydrogens is 520 g/mol. The third kappa shape index (κ3) is 9.86. The highest BCUT2D eigenvalue weighted by Crippen LogP contribution is 2.16. The van der Waals surface area contributed by atoms with Crippen molar-refractivity contribution in [3.63, 3.8) is 0 Å². The van der Waals surface area contributed by atoms with Crippen LogP contribution in [0.4, 0.5) is 0 Å². The molecular formula is C38H34O4. The van der Waals surface area contributed by atoms with Crippen molar-refractivity contribution < 1.29 is 19.0 Å². The molecule has 4 heteroatoms. The van der Waals surface area contributed by atoms with Gasteiger partial charge in [-0.1, -0.05) is 78.3 Å². The monoisotopic (exact) mass is 554 g/mol. The lowest BCUT2D eigenvalue weighted by molar-refractivity contribution is -0.156. The molecule has 0 fully saturated rings. The molecule has 0 amide bonds. The van der Waals surface area contributed by atoms with Crippen molar-refractivity contribution in [2.45, 2.75) is 26.4 Å². The van der Waals surface area contributed by atoms with Gasteiger partial charge in [-0.05, 0) is 85.6 Å². The summed E-state index contributed by atoms with van der Waals surface area (Å²) in [6, 6.07) is 33.7. The highest BCUT2D eigenvalue weighted by Gasteiger charge is 2.20. The minimum Gasteiger partial charge on any atom is -0.490 e. The van der Waals surface area contributed by atoms with Gasteiger partial charge in [-0.3, -0.25) is 0 Å². The Morgan fingerprint density at radius 2 is 1.29 bits per heavy atom. The number of benzene rings is 4. The van der Waals surface area contributed by atoms with Crippen LogP contribution in [0.25, 0.3) is 6.08 Å². The van der Waals surface area contributed by atoms with Gasteiger partial charge in [0.25, 0.3) is 0 Å². The molecule has 0 radical (unpaired) electrons. The summed E-state index contributed by atoms with van der Waals surface area (Å²) in [5.74, 6) is 13.4. The summed E-state index contributed by atoms with van der Waals surface area (Å²) in [6.45, 7) is 4.83. The van der Waals surface area contributed by atoms with Gasteiger partial charge >= 0.3 is 5.97 Å². The molecule has 1 atom stereocenters. The molecule has 4 nitrogen and oxygen atoms in total. The van der Waals surface area contributed by atoms with Crippen molar-refractivity contribution in [3.05, 3.63) is 143 Å². The first-order valence-electron chi connectivity index (χ1n) is 14.1. The molecule has 0 unspecified atom stereocenters. The van der Waals surface area contributed by atoms with Crippen LogP contribution in [0.2, 0.25) is 0 Å². The fourth-order valence-corrected chi connectivity index (χ4v) is 4.13. The number of carbonyl (C=O) groups excluding carboxylic acids is 1. The van der Waals surface area contributed by atoms with Gasteiger partial charge in [-0.15, -0.1) is 0 Å².